The first kappa shape index (κ1) is 16.3. The minimum Gasteiger partial charge on any atom is -0.481 e. The summed E-state index contributed by atoms with van der Waals surface area (Å²) in [5, 5.41) is 12.9. The van der Waals surface area contributed by atoms with Gasteiger partial charge in [0.2, 0.25) is 5.91 Å². The lowest BCUT2D eigenvalue weighted by Crippen LogP contribution is -2.47. The molecule has 4 N–H and O–H groups in total. The van der Waals surface area contributed by atoms with Crippen molar-refractivity contribution in [3.63, 3.8) is 0 Å². The van der Waals surface area contributed by atoms with Crippen molar-refractivity contribution in [2.45, 2.75) is 32.1 Å². The molecular weight excluding hydrogens is 340 g/mol. The SMILES string of the molecule is NC(=O)c1c(NC(=O)[C@@H]2[C@H](C(=O)O)[C@H]3C=C[C@H]2CC3)sc2c1CCC2. The van der Waals surface area contributed by atoms with Gasteiger partial charge < -0.3 is 16.2 Å². The fraction of sp³-hybridized carbons (Fsp3) is 0.500. The van der Waals surface area contributed by atoms with Gasteiger partial charge in [-0.2, -0.15) is 0 Å². The van der Waals surface area contributed by atoms with E-state index in [1.54, 1.807) is 0 Å². The highest BCUT2D eigenvalue weighted by atomic mass is 32.1. The summed E-state index contributed by atoms with van der Waals surface area (Å²) >= 11 is 1.40. The van der Waals surface area contributed by atoms with Crippen molar-refractivity contribution in [1.29, 1.82) is 0 Å². The molecule has 7 heteroatoms. The Morgan fingerprint density at radius 2 is 1.80 bits per heavy atom. The van der Waals surface area contributed by atoms with Gasteiger partial charge in [-0.15, -0.1) is 11.3 Å². The van der Waals surface area contributed by atoms with Gasteiger partial charge >= 0.3 is 5.97 Å². The summed E-state index contributed by atoms with van der Waals surface area (Å²) in [6.07, 6.45) is 8.23. The Kier molecular flexibility index (Phi) is 3.91. The maximum absolute atomic E-state index is 12.9. The molecule has 0 spiro atoms. The van der Waals surface area contributed by atoms with Crippen molar-refractivity contribution in [1.82, 2.24) is 0 Å². The molecule has 4 atom stereocenters. The molecule has 0 radical (unpaired) electrons. The number of anilines is 1. The molecule has 1 fully saturated rings. The number of allylic oxidation sites excluding steroid dienone is 2. The Bertz CT molecular complexity index is 797. The van der Waals surface area contributed by atoms with Crippen LogP contribution in [-0.2, 0) is 22.4 Å². The van der Waals surface area contributed by atoms with Crippen LogP contribution in [0.25, 0.3) is 0 Å². The van der Waals surface area contributed by atoms with Gasteiger partial charge in [-0.05, 0) is 49.5 Å². The van der Waals surface area contributed by atoms with Crippen LogP contribution in [0.1, 0.15) is 40.1 Å². The first-order chi connectivity index (χ1) is 12.0. The minimum absolute atomic E-state index is 0.0602. The smallest absolute Gasteiger partial charge is 0.307 e. The number of hydrogen-bond acceptors (Lipinski definition) is 4. The second-order valence-electron chi connectivity index (χ2n) is 7.09. The van der Waals surface area contributed by atoms with Gasteiger partial charge in [-0.3, -0.25) is 14.4 Å². The zero-order chi connectivity index (χ0) is 17.7. The Balaban J connectivity index is 1.63. The van der Waals surface area contributed by atoms with Crippen LogP contribution in [0.3, 0.4) is 0 Å². The Morgan fingerprint density at radius 1 is 1.12 bits per heavy atom. The third-order valence-electron chi connectivity index (χ3n) is 5.74. The van der Waals surface area contributed by atoms with Crippen LogP contribution in [0.5, 0.6) is 0 Å². The topological polar surface area (TPSA) is 109 Å². The highest BCUT2D eigenvalue weighted by Gasteiger charge is 2.48. The molecule has 6 nitrogen and oxygen atoms in total. The summed E-state index contributed by atoms with van der Waals surface area (Å²) in [4.78, 5) is 37.6. The van der Waals surface area contributed by atoms with Gasteiger partial charge in [0.1, 0.15) is 5.00 Å². The largest absolute Gasteiger partial charge is 0.481 e. The lowest BCUT2D eigenvalue weighted by Gasteiger charge is -2.41. The van der Waals surface area contributed by atoms with E-state index in [1.165, 1.54) is 11.3 Å². The number of amides is 2. The summed E-state index contributed by atoms with van der Waals surface area (Å²) in [7, 11) is 0. The standard InChI is InChI=1S/C18H20N2O4S/c19-15(21)14-10-2-1-3-11(10)25-17(14)20-16(22)12-8-4-6-9(7-5-8)13(12)18(23)24/h4,6,8-9,12-13H,1-3,5,7H2,(H2,19,21)(H,20,22)(H,23,24)/t8-,9-,12-,13+/m0/s1. The number of rotatable bonds is 4. The third kappa shape index (κ3) is 2.57. The number of carboxylic acid groups (broad SMARTS) is 1. The first-order valence-corrected chi connectivity index (χ1v) is 9.45. The summed E-state index contributed by atoms with van der Waals surface area (Å²) in [5.74, 6) is -3.23. The maximum atomic E-state index is 12.9. The Morgan fingerprint density at radius 3 is 2.40 bits per heavy atom. The van der Waals surface area contributed by atoms with Crippen LogP contribution >= 0.6 is 11.3 Å². The number of primary amides is 1. The number of fused-ring (bicyclic) bond motifs is 3. The van der Waals surface area contributed by atoms with E-state index >= 15 is 0 Å². The van der Waals surface area contributed by atoms with E-state index in [1.807, 2.05) is 12.2 Å². The number of aliphatic carboxylic acids is 1. The molecule has 2 bridgehead atoms. The van der Waals surface area contributed by atoms with Crippen LogP contribution < -0.4 is 11.1 Å². The number of thiophene rings is 1. The van der Waals surface area contributed by atoms with Crippen molar-refractivity contribution in [3.8, 4) is 0 Å². The fourth-order valence-corrected chi connectivity index (χ4v) is 5.93. The maximum Gasteiger partial charge on any atom is 0.307 e. The van der Waals surface area contributed by atoms with Crippen molar-refractivity contribution in [2.24, 2.45) is 29.4 Å². The highest BCUT2D eigenvalue weighted by Crippen LogP contribution is 2.46. The number of nitrogens with two attached hydrogens (primary N) is 1. The summed E-state index contributed by atoms with van der Waals surface area (Å²) in [5.41, 5.74) is 6.90. The lowest BCUT2D eigenvalue weighted by molar-refractivity contribution is -0.151. The number of carboxylic acids is 1. The van der Waals surface area contributed by atoms with Gasteiger partial charge in [0.15, 0.2) is 0 Å². The molecule has 132 valence electrons. The third-order valence-corrected chi connectivity index (χ3v) is 6.95. The molecule has 5 rings (SSSR count). The van der Waals surface area contributed by atoms with E-state index in [2.05, 4.69) is 5.32 Å². The highest BCUT2D eigenvalue weighted by molar-refractivity contribution is 7.17. The van der Waals surface area contributed by atoms with Crippen LogP contribution in [0.15, 0.2) is 12.2 Å². The van der Waals surface area contributed by atoms with E-state index in [-0.39, 0.29) is 17.7 Å². The van der Waals surface area contributed by atoms with E-state index in [0.717, 1.165) is 42.5 Å². The Hall–Kier alpha value is -2.15. The fourth-order valence-electron chi connectivity index (χ4n) is 4.64. The molecule has 0 aliphatic heterocycles. The summed E-state index contributed by atoms with van der Waals surface area (Å²) in [6, 6.07) is 0. The molecule has 2 amide bonds. The van der Waals surface area contributed by atoms with E-state index in [0.29, 0.717) is 10.6 Å². The first-order valence-electron chi connectivity index (χ1n) is 8.63. The molecule has 1 heterocycles. The van der Waals surface area contributed by atoms with Gasteiger partial charge in [-0.1, -0.05) is 12.2 Å². The quantitative estimate of drug-likeness (QED) is 0.715. The average molecular weight is 360 g/mol. The molecule has 0 saturated heterocycles. The predicted octanol–water partition coefficient (Wildman–Crippen LogP) is 2.19. The van der Waals surface area contributed by atoms with Crippen molar-refractivity contribution < 1.29 is 19.5 Å². The van der Waals surface area contributed by atoms with E-state index < -0.39 is 23.7 Å². The van der Waals surface area contributed by atoms with Crippen molar-refractivity contribution >= 4 is 34.1 Å². The molecule has 4 aliphatic carbocycles. The van der Waals surface area contributed by atoms with Crippen LogP contribution in [0.4, 0.5) is 5.00 Å². The zero-order valence-electron chi connectivity index (χ0n) is 13.7. The monoisotopic (exact) mass is 360 g/mol. The molecule has 1 aromatic rings. The molecule has 0 aromatic carbocycles. The molecule has 1 aromatic heterocycles. The van der Waals surface area contributed by atoms with E-state index in [9.17, 15) is 19.5 Å². The zero-order valence-corrected chi connectivity index (χ0v) is 14.5. The minimum atomic E-state index is -0.928. The normalized spacial score (nSPS) is 29.4. The molecule has 1 saturated carbocycles. The van der Waals surface area contributed by atoms with Gasteiger partial charge in [0.25, 0.3) is 5.91 Å². The lowest BCUT2D eigenvalue weighted by atomic mass is 9.62. The second kappa shape index (κ2) is 5.98. The number of hydrogen-bond donors (Lipinski definition) is 3. The molecular formula is C18H20N2O4S. The number of carbonyl (C=O) groups is 3. The molecule has 4 aliphatic rings. The number of nitrogens with one attached hydrogen (secondary N) is 1. The van der Waals surface area contributed by atoms with Crippen LogP contribution in [0.2, 0.25) is 0 Å². The predicted molar refractivity (Wildman–Crippen MR) is 93.5 cm³/mol. The van der Waals surface area contributed by atoms with Crippen LogP contribution in [0, 0.1) is 23.7 Å². The average Bonchev–Trinajstić information content (AvgIpc) is 3.14. The van der Waals surface area contributed by atoms with E-state index in [4.69, 9.17) is 5.73 Å². The number of carbonyl (C=O) groups excluding carboxylic acids is 2. The van der Waals surface area contributed by atoms with Gasteiger partial charge in [-0.25, -0.2) is 0 Å². The summed E-state index contributed by atoms with van der Waals surface area (Å²) in [6.45, 7) is 0. The van der Waals surface area contributed by atoms with Gasteiger partial charge in [0.05, 0.1) is 17.4 Å². The number of aryl methyl sites for hydroxylation is 1. The van der Waals surface area contributed by atoms with Crippen molar-refractivity contribution in [3.05, 3.63) is 28.2 Å². The second-order valence-corrected chi connectivity index (χ2v) is 8.20. The summed E-state index contributed by atoms with van der Waals surface area (Å²) < 4.78 is 0. The van der Waals surface area contributed by atoms with Crippen molar-refractivity contribution in [2.75, 3.05) is 5.32 Å². The molecule has 0 unspecified atom stereocenters. The Labute approximate surface area is 149 Å². The molecule has 25 heavy (non-hydrogen) atoms. The van der Waals surface area contributed by atoms with Gasteiger partial charge in [0, 0.05) is 4.88 Å². The van der Waals surface area contributed by atoms with Crippen LogP contribution in [-0.4, -0.2) is 22.9 Å².